The number of nitrogens with one attached hydrogen (secondary N) is 1. The van der Waals surface area contributed by atoms with Crippen molar-refractivity contribution in [2.24, 2.45) is 0 Å². The van der Waals surface area contributed by atoms with Crippen molar-refractivity contribution in [2.75, 3.05) is 0 Å². The molecule has 0 saturated heterocycles. The number of carboxylic acid groups (broad SMARTS) is 1. The van der Waals surface area contributed by atoms with E-state index in [1.54, 1.807) is 6.07 Å². The second kappa shape index (κ2) is 5.70. The Morgan fingerprint density at radius 2 is 2.20 bits per heavy atom. The minimum absolute atomic E-state index is 0.0982. The van der Waals surface area contributed by atoms with E-state index < -0.39 is 21.7 Å². The summed E-state index contributed by atoms with van der Waals surface area (Å²) in [7, 11) is -3.88. The van der Waals surface area contributed by atoms with Crippen LogP contribution >= 0.6 is 11.3 Å². The quantitative estimate of drug-likeness (QED) is 0.874. The molecular formula is C12H12N2O4S2. The average molecular weight is 312 g/mol. The minimum Gasteiger partial charge on any atom is -0.476 e. The zero-order valence-electron chi connectivity index (χ0n) is 10.5. The van der Waals surface area contributed by atoms with Crippen LogP contribution in [-0.2, 0) is 16.6 Å². The summed E-state index contributed by atoms with van der Waals surface area (Å²) in [6, 6.07) is 7.38. The molecule has 0 amide bonds. The van der Waals surface area contributed by atoms with Crippen molar-refractivity contribution in [3.05, 3.63) is 46.6 Å². The molecule has 2 N–H and O–H groups in total. The maximum absolute atomic E-state index is 12.1. The Hall–Kier alpha value is -1.77. The zero-order valence-corrected chi connectivity index (χ0v) is 12.2. The Morgan fingerprint density at radius 1 is 1.45 bits per heavy atom. The van der Waals surface area contributed by atoms with Gasteiger partial charge in [-0.2, -0.15) is 0 Å². The Bertz CT molecular complexity index is 737. The van der Waals surface area contributed by atoms with Crippen LogP contribution < -0.4 is 4.72 Å². The number of nitrogens with zero attached hydrogens (tertiary/aromatic N) is 1. The third kappa shape index (κ3) is 3.21. The van der Waals surface area contributed by atoms with Crippen molar-refractivity contribution < 1.29 is 18.3 Å². The highest BCUT2D eigenvalue weighted by Crippen LogP contribution is 2.20. The summed E-state index contributed by atoms with van der Waals surface area (Å²) < 4.78 is 26.2. The number of sulfonamides is 1. The van der Waals surface area contributed by atoms with Crippen molar-refractivity contribution >= 4 is 27.3 Å². The Balaban J connectivity index is 2.19. The molecule has 6 nitrogen and oxygen atoms in total. The van der Waals surface area contributed by atoms with Crippen molar-refractivity contribution in [3.63, 3.8) is 0 Å². The normalized spacial score (nSPS) is 11.4. The van der Waals surface area contributed by atoms with Crippen LogP contribution in [0.4, 0.5) is 0 Å². The largest absolute Gasteiger partial charge is 0.476 e. The first-order chi connectivity index (χ1) is 9.40. The number of carbonyl (C=O) groups is 1. The maximum Gasteiger partial charge on any atom is 0.356 e. The van der Waals surface area contributed by atoms with E-state index in [9.17, 15) is 13.2 Å². The number of aromatic nitrogens is 1. The number of carboxylic acids is 1. The molecule has 106 valence electrons. The monoisotopic (exact) mass is 312 g/mol. The third-order valence-electron chi connectivity index (χ3n) is 2.53. The SMILES string of the molecule is Cc1cccc(CNS(=O)(=O)c2scnc2C(=O)O)c1. The van der Waals surface area contributed by atoms with E-state index in [0.29, 0.717) is 0 Å². The summed E-state index contributed by atoms with van der Waals surface area (Å²) in [6.07, 6.45) is 0. The highest BCUT2D eigenvalue weighted by atomic mass is 32.2. The van der Waals surface area contributed by atoms with E-state index in [0.717, 1.165) is 22.5 Å². The minimum atomic E-state index is -3.88. The summed E-state index contributed by atoms with van der Waals surface area (Å²) in [5, 5.41) is 8.89. The van der Waals surface area contributed by atoms with Crippen molar-refractivity contribution in [1.29, 1.82) is 0 Å². The lowest BCUT2D eigenvalue weighted by molar-refractivity contribution is 0.0687. The standard InChI is InChI=1S/C12H12N2O4S2/c1-8-3-2-4-9(5-8)6-14-20(17,18)12-10(11(15)16)13-7-19-12/h2-5,7,14H,6H2,1H3,(H,15,16). The first-order valence-corrected chi connectivity index (χ1v) is 7.98. The average Bonchev–Trinajstić information content (AvgIpc) is 2.87. The Kier molecular flexibility index (Phi) is 4.17. The molecular weight excluding hydrogens is 300 g/mol. The molecule has 0 saturated carbocycles. The fourth-order valence-corrected chi connectivity index (χ4v) is 3.84. The predicted molar refractivity (Wildman–Crippen MR) is 74.3 cm³/mol. The smallest absolute Gasteiger partial charge is 0.356 e. The van der Waals surface area contributed by atoms with Gasteiger partial charge in [0.05, 0.1) is 5.51 Å². The van der Waals surface area contributed by atoms with Gasteiger partial charge in [0.25, 0.3) is 10.0 Å². The van der Waals surface area contributed by atoms with Crippen LogP contribution in [-0.4, -0.2) is 24.5 Å². The Labute approximate surface area is 120 Å². The number of hydrogen-bond acceptors (Lipinski definition) is 5. The molecule has 2 rings (SSSR count). The van der Waals surface area contributed by atoms with Crippen LogP contribution in [0.15, 0.2) is 34.0 Å². The van der Waals surface area contributed by atoms with Gasteiger partial charge in [-0.3, -0.25) is 0 Å². The number of aryl methyl sites for hydroxylation is 1. The number of thiazole rings is 1. The summed E-state index contributed by atoms with van der Waals surface area (Å²) >= 11 is 0.781. The van der Waals surface area contributed by atoms with Crippen LogP contribution in [0.25, 0.3) is 0 Å². The third-order valence-corrected chi connectivity index (χ3v) is 5.30. The molecule has 0 bridgehead atoms. The number of hydrogen-bond donors (Lipinski definition) is 2. The number of rotatable bonds is 5. The van der Waals surface area contributed by atoms with E-state index in [1.807, 2.05) is 25.1 Å². The lowest BCUT2D eigenvalue weighted by Crippen LogP contribution is -2.24. The van der Waals surface area contributed by atoms with Gasteiger partial charge in [-0.15, -0.1) is 11.3 Å². The van der Waals surface area contributed by atoms with Gasteiger partial charge in [0.1, 0.15) is 0 Å². The van der Waals surface area contributed by atoms with Crippen LogP contribution in [0.5, 0.6) is 0 Å². The van der Waals surface area contributed by atoms with E-state index in [1.165, 1.54) is 5.51 Å². The molecule has 0 unspecified atom stereocenters. The molecule has 0 aliphatic rings. The molecule has 2 aromatic rings. The number of benzene rings is 1. The molecule has 0 radical (unpaired) electrons. The van der Waals surface area contributed by atoms with Gasteiger partial charge in [0.15, 0.2) is 9.90 Å². The second-order valence-corrected chi connectivity index (χ2v) is 6.92. The molecule has 0 spiro atoms. The van der Waals surface area contributed by atoms with Crippen LogP contribution in [0.1, 0.15) is 21.6 Å². The Morgan fingerprint density at radius 3 is 2.85 bits per heavy atom. The highest BCUT2D eigenvalue weighted by Gasteiger charge is 2.25. The fourth-order valence-electron chi connectivity index (χ4n) is 1.63. The van der Waals surface area contributed by atoms with Gasteiger partial charge in [0.2, 0.25) is 0 Å². The molecule has 8 heteroatoms. The molecule has 0 atom stereocenters. The van der Waals surface area contributed by atoms with E-state index in [4.69, 9.17) is 5.11 Å². The zero-order chi connectivity index (χ0) is 14.8. The van der Waals surface area contributed by atoms with Gasteiger partial charge < -0.3 is 5.11 Å². The summed E-state index contributed by atoms with van der Waals surface area (Å²) in [4.78, 5) is 14.5. The molecule has 1 aromatic carbocycles. The highest BCUT2D eigenvalue weighted by molar-refractivity contribution is 7.91. The number of aromatic carboxylic acids is 1. The molecule has 0 aliphatic carbocycles. The van der Waals surface area contributed by atoms with Gasteiger partial charge >= 0.3 is 5.97 Å². The maximum atomic E-state index is 12.1. The molecule has 20 heavy (non-hydrogen) atoms. The van der Waals surface area contributed by atoms with Gasteiger partial charge in [-0.25, -0.2) is 22.9 Å². The first-order valence-electron chi connectivity index (χ1n) is 5.62. The fraction of sp³-hybridized carbons (Fsp3) is 0.167. The van der Waals surface area contributed by atoms with Crippen molar-refractivity contribution in [3.8, 4) is 0 Å². The van der Waals surface area contributed by atoms with Crippen LogP contribution in [0.2, 0.25) is 0 Å². The molecule has 0 fully saturated rings. The van der Waals surface area contributed by atoms with Gasteiger partial charge in [-0.05, 0) is 12.5 Å². The summed E-state index contributed by atoms with van der Waals surface area (Å²) in [5.41, 5.74) is 2.57. The lowest BCUT2D eigenvalue weighted by Gasteiger charge is -2.06. The summed E-state index contributed by atoms with van der Waals surface area (Å²) in [5.74, 6) is -1.36. The topological polar surface area (TPSA) is 96.4 Å². The van der Waals surface area contributed by atoms with E-state index >= 15 is 0 Å². The van der Waals surface area contributed by atoms with Crippen LogP contribution in [0.3, 0.4) is 0 Å². The van der Waals surface area contributed by atoms with Crippen molar-refractivity contribution in [1.82, 2.24) is 9.71 Å². The summed E-state index contributed by atoms with van der Waals surface area (Å²) in [6.45, 7) is 2.00. The predicted octanol–water partition coefficient (Wildman–Crippen LogP) is 1.63. The molecule has 1 heterocycles. The van der Waals surface area contributed by atoms with Gasteiger partial charge in [-0.1, -0.05) is 29.8 Å². The second-order valence-electron chi connectivity index (χ2n) is 4.11. The van der Waals surface area contributed by atoms with E-state index in [2.05, 4.69) is 9.71 Å². The first kappa shape index (κ1) is 14.6. The molecule has 1 aromatic heterocycles. The van der Waals surface area contributed by atoms with Crippen LogP contribution in [0, 0.1) is 6.92 Å². The van der Waals surface area contributed by atoms with Crippen molar-refractivity contribution in [2.45, 2.75) is 17.7 Å². The van der Waals surface area contributed by atoms with Gasteiger partial charge in [0, 0.05) is 6.54 Å². The molecule has 0 aliphatic heterocycles. The van der Waals surface area contributed by atoms with E-state index in [-0.39, 0.29) is 10.8 Å². The lowest BCUT2D eigenvalue weighted by atomic mass is 10.1.